The van der Waals surface area contributed by atoms with Crippen molar-refractivity contribution in [2.45, 2.75) is 19.9 Å². The van der Waals surface area contributed by atoms with Gasteiger partial charge in [-0.2, -0.15) is 0 Å². The molecule has 3 rings (SSSR count). The Morgan fingerprint density at radius 2 is 2.00 bits per heavy atom. The van der Waals surface area contributed by atoms with Crippen molar-refractivity contribution in [1.29, 1.82) is 0 Å². The van der Waals surface area contributed by atoms with E-state index >= 15 is 0 Å². The van der Waals surface area contributed by atoms with Crippen LogP contribution in [-0.4, -0.2) is 23.3 Å². The van der Waals surface area contributed by atoms with E-state index in [0.717, 1.165) is 24.2 Å². The van der Waals surface area contributed by atoms with Gasteiger partial charge in [0.15, 0.2) is 0 Å². The second-order valence-electron chi connectivity index (χ2n) is 5.52. The van der Waals surface area contributed by atoms with E-state index in [4.69, 9.17) is 0 Å². The molecule has 1 N–H and O–H groups in total. The van der Waals surface area contributed by atoms with E-state index in [2.05, 4.69) is 16.8 Å². The van der Waals surface area contributed by atoms with Crippen molar-refractivity contribution >= 4 is 34.9 Å². The Labute approximate surface area is 139 Å². The zero-order valence-corrected chi connectivity index (χ0v) is 13.7. The zero-order valence-electron chi connectivity index (χ0n) is 12.9. The van der Waals surface area contributed by atoms with Crippen LogP contribution in [0.15, 0.2) is 41.8 Å². The summed E-state index contributed by atoms with van der Waals surface area (Å²) in [7, 11) is 0. The van der Waals surface area contributed by atoms with Crippen molar-refractivity contribution in [2.24, 2.45) is 0 Å². The van der Waals surface area contributed by atoms with Crippen molar-refractivity contribution in [2.75, 3.05) is 11.9 Å². The molecule has 0 radical (unpaired) electrons. The summed E-state index contributed by atoms with van der Waals surface area (Å²) in [5.41, 5.74) is 2.95. The molecule has 0 atom stereocenters. The number of nitrogens with one attached hydrogen (secondary N) is 1. The summed E-state index contributed by atoms with van der Waals surface area (Å²) >= 11 is 1.77. The first-order chi connectivity index (χ1) is 11.1. The molecule has 2 amide bonds. The highest BCUT2D eigenvalue weighted by molar-refractivity contribution is 7.10. The molecule has 2 aromatic rings. The lowest BCUT2D eigenvalue weighted by Gasteiger charge is -2.25. The Balaban J connectivity index is 1.61. The van der Waals surface area contributed by atoms with Gasteiger partial charge in [0.25, 0.3) is 0 Å². The summed E-state index contributed by atoms with van der Waals surface area (Å²) in [5.74, 6) is -0.0610. The van der Waals surface area contributed by atoms with E-state index < -0.39 is 0 Å². The Hall–Kier alpha value is -2.40. The molecule has 0 saturated heterocycles. The quantitative estimate of drug-likeness (QED) is 0.880. The minimum atomic E-state index is -0.0960. The number of carbonyl (C=O) groups is 2. The smallest absolute Gasteiger partial charge is 0.246 e. The summed E-state index contributed by atoms with van der Waals surface area (Å²) in [6.45, 7) is 2.95. The van der Waals surface area contributed by atoms with Crippen LogP contribution in [0.25, 0.3) is 6.08 Å². The highest BCUT2D eigenvalue weighted by Crippen LogP contribution is 2.24. The lowest BCUT2D eigenvalue weighted by atomic mass is 10.1. The third-order valence-corrected chi connectivity index (χ3v) is 4.79. The molecule has 0 saturated carbocycles. The maximum atomic E-state index is 12.3. The van der Waals surface area contributed by atoms with Gasteiger partial charge < -0.3 is 10.2 Å². The molecule has 4 nitrogen and oxygen atoms in total. The van der Waals surface area contributed by atoms with Crippen molar-refractivity contribution in [3.8, 4) is 0 Å². The number of thiophene rings is 1. The standard InChI is InChI=1S/C18H18N2O2S/c1-13(21)19-16-5-2-14(3-6-16)4-7-18(22)20-10-8-17-15(12-20)9-11-23-17/h2-7,9,11H,8,10,12H2,1H3,(H,19,21)/b7-4+. The van der Waals surface area contributed by atoms with E-state index in [9.17, 15) is 9.59 Å². The molecule has 23 heavy (non-hydrogen) atoms. The normalized spacial score (nSPS) is 13.9. The Bertz CT molecular complexity index is 747. The third-order valence-electron chi connectivity index (χ3n) is 3.77. The van der Waals surface area contributed by atoms with Crippen LogP contribution in [0.4, 0.5) is 5.69 Å². The molecule has 0 unspecified atom stereocenters. The van der Waals surface area contributed by atoms with Crippen LogP contribution < -0.4 is 5.32 Å². The number of benzene rings is 1. The average molecular weight is 326 g/mol. The highest BCUT2D eigenvalue weighted by Gasteiger charge is 2.19. The van der Waals surface area contributed by atoms with E-state index in [1.165, 1.54) is 17.4 Å². The minimum Gasteiger partial charge on any atom is -0.334 e. The number of hydrogen-bond donors (Lipinski definition) is 1. The van der Waals surface area contributed by atoms with Gasteiger partial charge in [0.1, 0.15) is 0 Å². The Morgan fingerprint density at radius 1 is 1.22 bits per heavy atom. The monoisotopic (exact) mass is 326 g/mol. The van der Waals surface area contributed by atoms with Gasteiger partial charge in [0.2, 0.25) is 11.8 Å². The summed E-state index contributed by atoms with van der Waals surface area (Å²) in [6.07, 6.45) is 4.37. The molecule has 118 valence electrons. The van der Waals surface area contributed by atoms with Gasteiger partial charge in [0.05, 0.1) is 0 Å². The van der Waals surface area contributed by atoms with Gasteiger partial charge in [0, 0.05) is 36.7 Å². The van der Waals surface area contributed by atoms with Crippen LogP contribution in [0.3, 0.4) is 0 Å². The molecular formula is C18H18N2O2S. The summed E-state index contributed by atoms with van der Waals surface area (Å²) in [6, 6.07) is 9.50. The molecule has 1 aliphatic heterocycles. The van der Waals surface area contributed by atoms with Gasteiger partial charge in [-0.1, -0.05) is 12.1 Å². The molecule has 5 heteroatoms. The maximum absolute atomic E-state index is 12.3. The van der Waals surface area contributed by atoms with Gasteiger partial charge in [-0.25, -0.2) is 0 Å². The zero-order chi connectivity index (χ0) is 16.2. The molecule has 1 aromatic heterocycles. The lowest BCUT2D eigenvalue weighted by Crippen LogP contribution is -2.34. The van der Waals surface area contributed by atoms with Crippen molar-refractivity contribution in [1.82, 2.24) is 4.90 Å². The minimum absolute atomic E-state index is 0.0350. The van der Waals surface area contributed by atoms with E-state index in [1.807, 2.05) is 35.2 Å². The second-order valence-corrected chi connectivity index (χ2v) is 6.52. The largest absolute Gasteiger partial charge is 0.334 e. The molecule has 0 fully saturated rings. The summed E-state index contributed by atoms with van der Waals surface area (Å²) in [4.78, 5) is 26.6. The third kappa shape index (κ3) is 3.87. The first kappa shape index (κ1) is 15.5. The fourth-order valence-electron chi connectivity index (χ4n) is 2.59. The highest BCUT2D eigenvalue weighted by atomic mass is 32.1. The summed E-state index contributed by atoms with van der Waals surface area (Å²) in [5, 5.41) is 4.81. The van der Waals surface area contributed by atoms with Gasteiger partial charge in [-0.15, -0.1) is 11.3 Å². The van der Waals surface area contributed by atoms with E-state index in [-0.39, 0.29) is 11.8 Å². The van der Waals surface area contributed by atoms with Crippen molar-refractivity contribution in [3.63, 3.8) is 0 Å². The van der Waals surface area contributed by atoms with Gasteiger partial charge in [-0.3, -0.25) is 9.59 Å². The molecular weight excluding hydrogens is 308 g/mol. The fraction of sp³-hybridized carbons (Fsp3) is 0.222. The molecule has 2 heterocycles. The Morgan fingerprint density at radius 3 is 2.74 bits per heavy atom. The van der Waals surface area contributed by atoms with Crippen LogP contribution in [-0.2, 0) is 22.6 Å². The number of anilines is 1. The predicted molar refractivity (Wildman–Crippen MR) is 93.2 cm³/mol. The van der Waals surface area contributed by atoms with Crippen molar-refractivity contribution in [3.05, 3.63) is 57.8 Å². The average Bonchev–Trinajstić information content (AvgIpc) is 3.01. The van der Waals surface area contributed by atoms with E-state index in [1.54, 1.807) is 17.4 Å². The van der Waals surface area contributed by atoms with Crippen LogP contribution in [0.2, 0.25) is 0 Å². The fourth-order valence-corrected chi connectivity index (χ4v) is 3.48. The van der Waals surface area contributed by atoms with Gasteiger partial charge >= 0.3 is 0 Å². The predicted octanol–water partition coefficient (Wildman–Crippen LogP) is 3.30. The van der Waals surface area contributed by atoms with Crippen LogP contribution in [0.1, 0.15) is 22.9 Å². The summed E-state index contributed by atoms with van der Waals surface area (Å²) < 4.78 is 0. The lowest BCUT2D eigenvalue weighted by molar-refractivity contribution is -0.126. The number of nitrogens with zero attached hydrogens (tertiary/aromatic N) is 1. The first-order valence-corrected chi connectivity index (χ1v) is 8.39. The number of hydrogen-bond acceptors (Lipinski definition) is 3. The molecule has 0 spiro atoms. The molecule has 0 aliphatic carbocycles. The second kappa shape index (κ2) is 6.79. The number of amides is 2. The molecule has 1 aliphatic rings. The van der Waals surface area contributed by atoms with Crippen molar-refractivity contribution < 1.29 is 9.59 Å². The topological polar surface area (TPSA) is 49.4 Å². The number of rotatable bonds is 3. The molecule has 1 aromatic carbocycles. The van der Waals surface area contributed by atoms with Crippen LogP contribution in [0, 0.1) is 0 Å². The number of fused-ring (bicyclic) bond motifs is 1. The number of carbonyl (C=O) groups excluding carboxylic acids is 2. The van der Waals surface area contributed by atoms with Crippen LogP contribution >= 0.6 is 11.3 Å². The SMILES string of the molecule is CC(=O)Nc1ccc(/C=C/C(=O)N2CCc3sccc3C2)cc1. The van der Waals surface area contributed by atoms with Gasteiger partial charge in [-0.05, 0) is 47.2 Å². The Kier molecular flexibility index (Phi) is 4.57. The van der Waals surface area contributed by atoms with Crippen LogP contribution in [0.5, 0.6) is 0 Å². The maximum Gasteiger partial charge on any atom is 0.246 e. The first-order valence-electron chi connectivity index (χ1n) is 7.52. The van der Waals surface area contributed by atoms with E-state index in [0.29, 0.717) is 6.54 Å². The molecule has 0 bridgehead atoms.